The molecule has 0 saturated heterocycles. The smallest absolute Gasteiger partial charge is 0.0498 e. The molecular weight excluding hydrogens is 553 g/mol. The Morgan fingerprint density at radius 3 is 2.40 bits per heavy atom. The van der Waals surface area contributed by atoms with E-state index in [-0.39, 0.29) is 0 Å². The molecule has 5 rings (SSSR count). The van der Waals surface area contributed by atoms with Crippen LogP contribution in [-0.4, -0.2) is 4.57 Å². The van der Waals surface area contributed by atoms with Gasteiger partial charge in [-0.3, -0.25) is 0 Å². The summed E-state index contributed by atoms with van der Waals surface area (Å²) in [6, 6.07) is 16.8. The molecule has 1 heterocycles. The van der Waals surface area contributed by atoms with E-state index in [0.29, 0.717) is 5.92 Å². The highest BCUT2D eigenvalue weighted by Crippen LogP contribution is 2.37. The molecular formula is C36H38Cl3N. The Hall–Kier alpha value is -2.45. The Labute approximate surface area is 253 Å². The highest BCUT2D eigenvalue weighted by Gasteiger charge is 2.20. The van der Waals surface area contributed by atoms with Crippen molar-refractivity contribution in [3.8, 4) is 0 Å². The molecule has 0 N–H and O–H groups in total. The van der Waals surface area contributed by atoms with Crippen molar-refractivity contribution in [1.82, 2.24) is 4.57 Å². The van der Waals surface area contributed by atoms with Gasteiger partial charge >= 0.3 is 0 Å². The van der Waals surface area contributed by atoms with Crippen molar-refractivity contribution in [1.29, 1.82) is 0 Å². The quantitative estimate of drug-likeness (QED) is 0.183. The summed E-state index contributed by atoms with van der Waals surface area (Å²) in [6.45, 7) is 7.74. The van der Waals surface area contributed by atoms with Gasteiger partial charge in [-0.2, -0.15) is 0 Å². The van der Waals surface area contributed by atoms with E-state index in [1.807, 2.05) is 18.2 Å². The van der Waals surface area contributed by atoms with E-state index in [4.69, 9.17) is 34.8 Å². The summed E-state index contributed by atoms with van der Waals surface area (Å²) < 4.78 is 2.45. The van der Waals surface area contributed by atoms with Crippen LogP contribution in [0.2, 0.25) is 10.0 Å². The first kappa shape index (κ1) is 29.1. The number of allylic oxidation sites excluding steroid dienone is 5. The standard InChI is InChI=1S/C36H38Cl3N/c1-4-6-11-28-25(10-8-14-31(28)37)15-16-26-22-24(3)23-27(36(26)39)17-19-33-30-13-9-12-29-32(38)18-20-34(35(29)30)40(33)21-7-5-2/h8-10,12-20,24H,4-7,11,21-23H2,1-3H3. The molecule has 0 saturated carbocycles. The van der Waals surface area contributed by atoms with Crippen LogP contribution < -0.4 is 5.35 Å². The summed E-state index contributed by atoms with van der Waals surface area (Å²) in [4.78, 5) is 0. The van der Waals surface area contributed by atoms with Crippen LogP contribution in [0, 0.1) is 5.92 Å². The van der Waals surface area contributed by atoms with Gasteiger partial charge in [0, 0.05) is 48.6 Å². The van der Waals surface area contributed by atoms with Crippen molar-refractivity contribution in [3.05, 3.63) is 103 Å². The zero-order valence-electron chi connectivity index (χ0n) is 23.7. The van der Waals surface area contributed by atoms with Gasteiger partial charge in [0.25, 0.3) is 0 Å². The second-order valence-corrected chi connectivity index (χ2v) is 12.3. The molecule has 1 atom stereocenters. The Balaban J connectivity index is 1.58. The van der Waals surface area contributed by atoms with Gasteiger partial charge in [0.15, 0.2) is 0 Å². The second kappa shape index (κ2) is 13.0. The van der Waals surface area contributed by atoms with Crippen molar-refractivity contribution in [3.63, 3.8) is 0 Å². The minimum atomic E-state index is 0.518. The van der Waals surface area contributed by atoms with E-state index in [9.17, 15) is 0 Å². The molecule has 1 aliphatic rings. The zero-order valence-corrected chi connectivity index (χ0v) is 26.0. The zero-order chi connectivity index (χ0) is 28.2. The van der Waals surface area contributed by atoms with Crippen LogP contribution in [0.1, 0.15) is 70.4 Å². The Morgan fingerprint density at radius 2 is 1.60 bits per heavy atom. The number of aryl methyl sites for hydroxylation is 1. The van der Waals surface area contributed by atoms with Crippen LogP contribution in [-0.2, 0) is 13.0 Å². The molecule has 0 aliphatic heterocycles. The van der Waals surface area contributed by atoms with Gasteiger partial charge < -0.3 is 4.57 Å². The molecule has 3 aromatic carbocycles. The van der Waals surface area contributed by atoms with Crippen LogP contribution in [0.5, 0.6) is 0 Å². The summed E-state index contributed by atoms with van der Waals surface area (Å²) in [5.41, 5.74) is 6.05. The van der Waals surface area contributed by atoms with Crippen molar-refractivity contribution in [2.45, 2.75) is 72.3 Å². The third-order valence-corrected chi connectivity index (χ3v) is 9.27. The molecule has 0 fully saturated rings. The molecule has 1 aromatic heterocycles. The number of hydrogen-bond acceptors (Lipinski definition) is 0. The fourth-order valence-electron chi connectivity index (χ4n) is 6.01. The van der Waals surface area contributed by atoms with E-state index >= 15 is 0 Å². The van der Waals surface area contributed by atoms with Crippen LogP contribution in [0.15, 0.2) is 76.9 Å². The Morgan fingerprint density at radius 1 is 0.825 bits per heavy atom. The fraction of sp³-hybridized carbons (Fsp3) is 0.333. The van der Waals surface area contributed by atoms with Gasteiger partial charge in [-0.15, -0.1) is 0 Å². The normalized spacial score (nSPS) is 17.9. The fourth-order valence-corrected chi connectivity index (χ4v) is 6.79. The van der Waals surface area contributed by atoms with Gasteiger partial charge in [0.05, 0.1) is 0 Å². The lowest BCUT2D eigenvalue weighted by molar-refractivity contribution is 0.563. The first-order chi connectivity index (χ1) is 19.4. The van der Waals surface area contributed by atoms with Gasteiger partial charge in [-0.05, 0) is 84.6 Å². The maximum atomic E-state index is 7.10. The van der Waals surface area contributed by atoms with Gasteiger partial charge in [0.2, 0.25) is 0 Å². The van der Waals surface area contributed by atoms with E-state index in [1.165, 1.54) is 43.9 Å². The number of aromatic nitrogens is 1. The van der Waals surface area contributed by atoms with Crippen molar-refractivity contribution < 1.29 is 0 Å². The van der Waals surface area contributed by atoms with Crippen molar-refractivity contribution in [2.75, 3.05) is 0 Å². The van der Waals surface area contributed by atoms with E-state index in [2.05, 4.69) is 80.0 Å². The average Bonchev–Trinajstić information content (AvgIpc) is 3.26. The summed E-state index contributed by atoms with van der Waals surface area (Å²) >= 11 is 20.3. The molecule has 40 heavy (non-hydrogen) atoms. The number of halogens is 3. The second-order valence-electron chi connectivity index (χ2n) is 11.1. The predicted octanol–water partition coefficient (Wildman–Crippen LogP) is 11.3. The third kappa shape index (κ3) is 5.94. The minimum Gasteiger partial charge on any atom is -0.340 e. The van der Waals surface area contributed by atoms with Gasteiger partial charge in [0.1, 0.15) is 0 Å². The Bertz CT molecular complexity index is 1670. The minimum absolute atomic E-state index is 0.518. The van der Waals surface area contributed by atoms with Crippen LogP contribution in [0.3, 0.4) is 0 Å². The highest BCUT2D eigenvalue weighted by atomic mass is 35.5. The van der Waals surface area contributed by atoms with Crippen molar-refractivity contribution >= 4 is 68.6 Å². The molecule has 1 nitrogen and oxygen atoms in total. The summed E-state index contributed by atoms with van der Waals surface area (Å²) in [5.74, 6) is 0.518. The van der Waals surface area contributed by atoms with Crippen LogP contribution in [0.4, 0.5) is 0 Å². The predicted molar refractivity (Wildman–Crippen MR) is 178 cm³/mol. The summed E-state index contributed by atoms with van der Waals surface area (Å²) in [5, 5.41) is 7.36. The maximum Gasteiger partial charge on any atom is 0.0498 e. The topological polar surface area (TPSA) is 4.93 Å². The molecule has 1 aliphatic carbocycles. The lowest BCUT2D eigenvalue weighted by atomic mass is 9.86. The number of unbranched alkanes of at least 4 members (excludes halogenated alkanes) is 2. The molecule has 0 radical (unpaired) electrons. The number of hydrogen-bond donors (Lipinski definition) is 0. The van der Waals surface area contributed by atoms with Crippen LogP contribution in [0.25, 0.3) is 33.8 Å². The maximum absolute atomic E-state index is 7.10. The SMILES string of the molecule is CCCCc1c(Cl)cccc1C=CC1=C(Cl)C(=CC=c2c3cccc4c(Cl)ccc(c43)n2CCCC)CC(C)C1. The van der Waals surface area contributed by atoms with Crippen molar-refractivity contribution in [2.24, 2.45) is 5.92 Å². The van der Waals surface area contributed by atoms with E-state index in [1.54, 1.807) is 0 Å². The lowest BCUT2D eigenvalue weighted by Gasteiger charge is -2.23. The molecule has 0 amide bonds. The lowest BCUT2D eigenvalue weighted by Crippen LogP contribution is -2.16. The Kier molecular flexibility index (Phi) is 9.46. The molecule has 0 spiro atoms. The van der Waals surface area contributed by atoms with Gasteiger partial charge in [-0.25, -0.2) is 0 Å². The first-order valence-corrected chi connectivity index (χ1v) is 15.8. The third-order valence-electron chi connectivity index (χ3n) is 8.10. The molecule has 208 valence electrons. The van der Waals surface area contributed by atoms with Crippen LogP contribution >= 0.6 is 34.8 Å². The molecule has 4 heteroatoms. The number of nitrogens with zero attached hydrogens (tertiary/aromatic N) is 1. The molecule has 1 unspecified atom stereocenters. The average molecular weight is 591 g/mol. The highest BCUT2D eigenvalue weighted by molar-refractivity contribution is 6.37. The van der Waals surface area contributed by atoms with E-state index < -0.39 is 0 Å². The number of benzene rings is 3. The molecule has 0 bridgehead atoms. The molecule has 4 aromatic rings. The first-order valence-electron chi connectivity index (χ1n) is 14.7. The van der Waals surface area contributed by atoms with E-state index in [0.717, 1.165) is 72.0 Å². The largest absolute Gasteiger partial charge is 0.340 e. The monoisotopic (exact) mass is 589 g/mol. The van der Waals surface area contributed by atoms with Gasteiger partial charge in [-0.1, -0.05) is 117 Å². The summed E-state index contributed by atoms with van der Waals surface area (Å²) in [6.07, 6.45) is 16.4. The number of rotatable bonds is 9. The summed E-state index contributed by atoms with van der Waals surface area (Å²) in [7, 11) is 0.